The highest BCUT2D eigenvalue weighted by molar-refractivity contribution is 5.89. The molecule has 1 heterocycles. The number of likely N-dealkylation sites (tertiary alicyclic amines) is 1. The lowest BCUT2D eigenvalue weighted by molar-refractivity contribution is -0.170. The molecule has 20 heavy (non-hydrogen) atoms. The summed E-state index contributed by atoms with van der Waals surface area (Å²) in [6.07, 6.45) is 5.53. The van der Waals surface area contributed by atoms with Crippen LogP contribution < -0.4 is 4.74 Å². The van der Waals surface area contributed by atoms with Crippen molar-refractivity contribution >= 4 is 5.91 Å². The Morgan fingerprint density at radius 1 is 1.50 bits per heavy atom. The maximum Gasteiger partial charge on any atom is 0.266 e. The predicted octanol–water partition coefficient (Wildman–Crippen LogP) is 1.21. The number of carbonyl (C=O) groups excluding carboxylic acids is 1. The minimum Gasteiger partial charge on any atom is -0.478 e. The van der Waals surface area contributed by atoms with Gasteiger partial charge in [0.15, 0.2) is 6.10 Å². The van der Waals surface area contributed by atoms with Gasteiger partial charge in [-0.05, 0) is 12.1 Å². The van der Waals surface area contributed by atoms with Crippen molar-refractivity contribution < 1.29 is 14.6 Å². The number of aliphatic hydroxyl groups is 1. The minimum atomic E-state index is -0.800. The van der Waals surface area contributed by atoms with Crippen LogP contribution in [0, 0.1) is 12.3 Å². The average molecular weight is 271 g/mol. The smallest absolute Gasteiger partial charge is 0.266 e. The van der Waals surface area contributed by atoms with Gasteiger partial charge >= 0.3 is 0 Å². The van der Waals surface area contributed by atoms with Gasteiger partial charge in [-0.2, -0.15) is 0 Å². The summed E-state index contributed by atoms with van der Waals surface area (Å²) in [5, 5.41) is 10.1. The van der Waals surface area contributed by atoms with E-state index in [0.717, 1.165) is 0 Å². The summed E-state index contributed by atoms with van der Waals surface area (Å²) in [7, 11) is 0. The molecule has 2 rings (SSSR count). The zero-order valence-electron chi connectivity index (χ0n) is 11.1. The highest BCUT2D eigenvalue weighted by atomic mass is 16.5. The lowest BCUT2D eigenvalue weighted by atomic mass is 9.90. The molecule has 0 bridgehead atoms. The molecule has 104 valence electrons. The molecule has 0 aromatic heterocycles. The van der Waals surface area contributed by atoms with Crippen LogP contribution in [0.4, 0.5) is 0 Å². The third-order valence-corrected chi connectivity index (χ3v) is 3.25. The summed E-state index contributed by atoms with van der Waals surface area (Å²) in [5.74, 6) is 2.85. The number of rotatable bonds is 6. The molecule has 1 aromatic carbocycles. The van der Waals surface area contributed by atoms with E-state index in [9.17, 15) is 9.90 Å². The molecule has 4 heteroatoms. The van der Waals surface area contributed by atoms with Gasteiger partial charge in [-0.3, -0.25) is 4.79 Å². The van der Waals surface area contributed by atoms with Gasteiger partial charge in [-0.15, -0.1) is 18.9 Å². The molecular weight excluding hydrogens is 254 g/mol. The van der Waals surface area contributed by atoms with E-state index in [2.05, 4.69) is 12.5 Å². The fraction of sp³-hybridized carbons (Fsp3) is 0.312. The molecule has 1 aliphatic heterocycles. The van der Waals surface area contributed by atoms with Crippen LogP contribution >= 0.6 is 0 Å². The summed E-state index contributed by atoms with van der Waals surface area (Å²) in [5.41, 5.74) is 0. The van der Waals surface area contributed by atoms with Gasteiger partial charge in [0.2, 0.25) is 0 Å². The van der Waals surface area contributed by atoms with Crippen molar-refractivity contribution in [2.75, 3.05) is 6.54 Å². The third-order valence-electron chi connectivity index (χ3n) is 3.25. The van der Waals surface area contributed by atoms with E-state index in [1.54, 1.807) is 18.2 Å². The second-order valence-electron chi connectivity index (χ2n) is 4.60. The highest BCUT2D eigenvalue weighted by Gasteiger charge is 2.51. The maximum atomic E-state index is 12.1. The number of β-lactam (4-membered cyclic amide) rings is 1. The number of amides is 1. The van der Waals surface area contributed by atoms with Crippen LogP contribution in [0.25, 0.3) is 0 Å². The molecule has 1 aliphatic rings. The van der Waals surface area contributed by atoms with Gasteiger partial charge in [0.25, 0.3) is 5.91 Å². The number of benzene rings is 1. The van der Waals surface area contributed by atoms with Crippen LogP contribution in [0.3, 0.4) is 0 Å². The Balaban J connectivity index is 2.12. The summed E-state index contributed by atoms with van der Waals surface area (Å²) in [6, 6.07) is 8.63. The van der Waals surface area contributed by atoms with E-state index < -0.39 is 18.2 Å². The molecule has 1 saturated heterocycles. The van der Waals surface area contributed by atoms with Gasteiger partial charge in [-0.25, -0.2) is 0 Å². The van der Waals surface area contributed by atoms with Gasteiger partial charge in [0.1, 0.15) is 11.8 Å². The molecule has 0 unspecified atom stereocenters. The molecule has 1 aromatic rings. The van der Waals surface area contributed by atoms with Crippen molar-refractivity contribution in [1.29, 1.82) is 0 Å². The normalized spacial score (nSPS) is 22.6. The first-order chi connectivity index (χ1) is 9.69. The second kappa shape index (κ2) is 6.27. The van der Waals surface area contributed by atoms with Crippen molar-refractivity contribution in [3.05, 3.63) is 43.0 Å². The van der Waals surface area contributed by atoms with Gasteiger partial charge in [0.05, 0.1) is 6.10 Å². The molecule has 0 saturated carbocycles. The van der Waals surface area contributed by atoms with Crippen molar-refractivity contribution in [1.82, 2.24) is 4.90 Å². The fourth-order valence-corrected chi connectivity index (χ4v) is 2.31. The topological polar surface area (TPSA) is 49.8 Å². The van der Waals surface area contributed by atoms with E-state index in [-0.39, 0.29) is 12.3 Å². The zero-order valence-corrected chi connectivity index (χ0v) is 11.1. The Morgan fingerprint density at radius 3 is 2.80 bits per heavy atom. The van der Waals surface area contributed by atoms with Crippen LogP contribution in [0.2, 0.25) is 0 Å². The average Bonchev–Trinajstić information content (AvgIpc) is 2.46. The summed E-state index contributed by atoms with van der Waals surface area (Å²) < 4.78 is 5.67. The Morgan fingerprint density at radius 2 is 2.20 bits per heavy atom. The third kappa shape index (κ3) is 2.68. The predicted molar refractivity (Wildman–Crippen MR) is 76.0 cm³/mol. The largest absolute Gasteiger partial charge is 0.478 e. The number of aliphatic hydroxyl groups excluding tert-OH is 1. The van der Waals surface area contributed by atoms with Crippen molar-refractivity contribution in [2.24, 2.45) is 0 Å². The number of hydrogen-bond donors (Lipinski definition) is 1. The van der Waals surface area contributed by atoms with Crippen molar-refractivity contribution in [3.8, 4) is 18.1 Å². The quantitative estimate of drug-likeness (QED) is 0.481. The van der Waals surface area contributed by atoms with Gasteiger partial charge < -0.3 is 14.7 Å². The number of nitrogens with zero attached hydrogens (tertiary/aromatic N) is 1. The number of hydrogen-bond acceptors (Lipinski definition) is 3. The Labute approximate surface area is 118 Å². The van der Waals surface area contributed by atoms with E-state index in [4.69, 9.17) is 11.2 Å². The summed E-state index contributed by atoms with van der Waals surface area (Å²) >= 11 is 0. The summed E-state index contributed by atoms with van der Waals surface area (Å²) in [6.45, 7) is 3.98. The monoisotopic (exact) mass is 271 g/mol. The van der Waals surface area contributed by atoms with Crippen LogP contribution in [0.1, 0.15) is 6.42 Å². The molecule has 0 aliphatic carbocycles. The number of carbonyl (C=O) groups is 1. The standard InChI is InChI=1S/C16H17NO3/c1-3-8-13(18)14-15(16(19)17(14)11-4-2)20-12-9-6-5-7-10-12/h1,4-7,9-10,13-15,18H,2,8,11H2/t13-,14-,15+/m0/s1. The Bertz CT molecular complexity index is 520. The fourth-order valence-electron chi connectivity index (χ4n) is 2.31. The SMILES string of the molecule is C#CC[C@H](O)[C@H]1[C@@H](Oc2ccccc2)C(=O)N1CC=C. The van der Waals surface area contributed by atoms with Crippen molar-refractivity contribution in [2.45, 2.75) is 24.7 Å². The Kier molecular flexibility index (Phi) is 4.44. The lowest BCUT2D eigenvalue weighted by Crippen LogP contribution is -2.70. The first-order valence-electron chi connectivity index (χ1n) is 6.43. The summed E-state index contributed by atoms with van der Waals surface area (Å²) in [4.78, 5) is 13.6. The van der Waals surface area contributed by atoms with Crippen molar-refractivity contribution in [3.63, 3.8) is 0 Å². The molecule has 1 fully saturated rings. The minimum absolute atomic E-state index is 0.158. The molecule has 0 radical (unpaired) electrons. The Hall–Kier alpha value is -2.25. The molecule has 1 N–H and O–H groups in total. The highest BCUT2D eigenvalue weighted by Crippen LogP contribution is 2.28. The molecular formula is C16H17NO3. The number of terminal acetylenes is 1. The van der Waals surface area contributed by atoms with Crippen LogP contribution in [0.15, 0.2) is 43.0 Å². The first kappa shape index (κ1) is 14.2. The van der Waals surface area contributed by atoms with Gasteiger partial charge in [-0.1, -0.05) is 24.3 Å². The maximum absolute atomic E-state index is 12.1. The van der Waals surface area contributed by atoms with E-state index in [1.807, 2.05) is 18.2 Å². The second-order valence-corrected chi connectivity index (χ2v) is 4.60. The van der Waals surface area contributed by atoms with Crippen LogP contribution in [-0.4, -0.2) is 40.7 Å². The van der Waals surface area contributed by atoms with Crippen LogP contribution in [-0.2, 0) is 4.79 Å². The number of para-hydroxylation sites is 1. The van der Waals surface area contributed by atoms with E-state index >= 15 is 0 Å². The molecule has 4 nitrogen and oxygen atoms in total. The number of ether oxygens (including phenoxy) is 1. The zero-order chi connectivity index (χ0) is 14.5. The molecule has 3 atom stereocenters. The van der Waals surface area contributed by atoms with E-state index in [0.29, 0.717) is 12.3 Å². The van der Waals surface area contributed by atoms with Gasteiger partial charge in [0, 0.05) is 13.0 Å². The molecule has 0 spiro atoms. The lowest BCUT2D eigenvalue weighted by Gasteiger charge is -2.47. The van der Waals surface area contributed by atoms with Crippen LogP contribution in [0.5, 0.6) is 5.75 Å². The molecule has 1 amide bonds. The first-order valence-corrected chi connectivity index (χ1v) is 6.43. The van der Waals surface area contributed by atoms with E-state index in [1.165, 1.54) is 4.90 Å².